The van der Waals surface area contributed by atoms with E-state index in [2.05, 4.69) is 18.3 Å². The van der Waals surface area contributed by atoms with Gasteiger partial charge in [0.1, 0.15) is 0 Å². The van der Waals surface area contributed by atoms with E-state index in [0.717, 1.165) is 25.9 Å². The van der Waals surface area contributed by atoms with Crippen LogP contribution in [-0.2, 0) is 9.53 Å². The molecule has 0 spiro atoms. The smallest absolute Gasteiger partial charge is 0.244 e. The quantitative estimate of drug-likeness (QED) is 0.376. The molecule has 1 amide bonds. The number of allylic oxidation sites excluding steroid dienone is 3. The molecule has 20 heavy (non-hydrogen) atoms. The molecule has 1 fully saturated rings. The van der Waals surface area contributed by atoms with Crippen molar-refractivity contribution < 1.29 is 9.53 Å². The maximum Gasteiger partial charge on any atom is 0.244 e. The summed E-state index contributed by atoms with van der Waals surface area (Å²) in [4.78, 5) is 11.5. The Hall–Kier alpha value is -1.09. The Morgan fingerprint density at radius 3 is 2.85 bits per heavy atom. The van der Waals surface area contributed by atoms with Gasteiger partial charge in [-0.25, -0.2) is 0 Å². The fourth-order valence-electron chi connectivity index (χ4n) is 2.26. The summed E-state index contributed by atoms with van der Waals surface area (Å²) in [5, 5.41) is 2.87. The summed E-state index contributed by atoms with van der Waals surface area (Å²) in [6.07, 6.45) is 17.5. The van der Waals surface area contributed by atoms with Crippen molar-refractivity contribution in [2.24, 2.45) is 0 Å². The molecule has 0 aromatic rings. The maximum atomic E-state index is 11.5. The third-order valence-corrected chi connectivity index (χ3v) is 3.50. The highest BCUT2D eigenvalue weighted by Crippen LogP contribution is 2.10. The number of rotatable bonds is 10. The first-order valence-electron chi connectivity index (χ1n) is 8.05. The Balaban J connectivity index is 1.97. The first-order valence-corrected chi connectivity index (χ1v) is 8.05. The number of hydrogen-bond donors (Lipinski definition) is 1. The highest BCUT2D eigenvalue weighted by atomic mass is 16.5. The standard InChI is InChI=1S/C17H29NO2/c1-2-3-4-5-6-7-8-9-10-13-17(19)18-15-16-12-11-14-20-16/h8-10,13,16H,2-7,11-12,14-15H2,1H3,(H,18,19). The second-order valence-corrected chi connectivity index (χ2v) is 5.37. The third kappa shape index (κ3) is 8.92. The Kier molecular flexibility index (Phi) is 9.93. The first-order chi connectivity index (χ1) is 9.83. The second-order valence-electron chi connectivity index (χ2n) is 5.37. The van der Waals surface area contributed by atoms with E-state index in [1.165, 1.54) is 32.1 Å². The first kappa shape index (κ1) is 17.0. The lowest BCUT2D eigenvalue weighted by molar-refractivity contribution is -0.117. The highest BCUT2D eigenvalue weighted by Gasteiger charge is 2.15. The van der Waals surface area contributed by atoms with Gasteiger partial charge in [0, 0.05) is 19.2 Å². The van der Waals surface area contributed by atoms with E-state index in [9.17, 15) is 4.79 Å². The summed E-state index contributed by atoms with van der Waals surface area (Å²) in [7, 11) is 0. The molecule has 0 radical (unpaired) electrons. The summed E-state index contributed by atoms with van der Waals surface area (Å²) in [6.45, 7) is 3.69. The second kappa shape index (κ2) is 11.7. The molecular weight excluding hydrogens is 250 g/mol. The normalized spacial score (nSPS) is 19.1. The molecule has 1 atom stereocenters. The highest BCUT2D eigenvalue weighted by molar-refractivity contribution is 5.87. The van der Waals surface area contributed by atoms with Crippen LogP contribution in [0.25, 0.3) is 0 Å². The molecule has 1 aliphatic heterocycles. The Morgan fingerprint density at radius 2 is 2.10 bits per heavy atom. The van der Waals surface area contributed by atoms with Gasteiger partial charge in [-0.2, -0.15) is 0 Å². The lowest BCUT2D eigenvalue weighted by Crippen LogP contribution is -2.30. The van der Waals surface area contributed by atoms with Gasteiger partial charge in [0.2, 0.25) is 5.91 Å². The number of carbonyl (C=O) groups excluding carboxylic acids is 1. The molecule has 114 valence electrons. The average Bonchev–Trinajstić information content (AvgIpc) is 2.96. The van der Waals surface area contributed by atoms with Gasteiger partial charge in [-0.1, -0.05) is 50.8 Å². The zero-order chi connectivity index (χ0) is 14.5. The molecule has 1 aliphatic rings. The van der Waals surface area contributed by atoms with Crippen molar-refractivity contribution in [3.8, 4) is 0 Å². The van der Waals surface area contributed by atoms with Gasteiger partial charge < -0.3 is 10.1 Å². The van der Waals surface area contributed by atoms with Crippen LogP contribution in [0.2, 0.25) is 0 Å². The molecule has 1 heterocycles. The minimum atomic E-state index is -0.0342. The van der Waals surface area contributed by atoms with Crippen LogP contribution < -0.4 is 5.32 Å². The molecule has 1 saturated heterocycles. The monoisotopic (exact) mass is 279 g/mol. The molecule has 0 aromatic heterocycles. The van der Waals surface area contributed by atoms with Crippen molar-refractivity contribution in [3.63, 3.8) is 0 Å². The van der Waals surface area contributed by atoms with Crippen LogP contribution in [0.5, 0.6) is 0 Å². The minimum Gasteiger partial charge on any atom is -0.376 e. The fourth-order valence-corrected chi connectivity index (χ4v) is 2.26. The lowest BCUT2D eigenvalue weighted by Gasteiger charge is -2.08. The average molecular weight is 279 g/mol. The summed E-state index contributed by atoms with van der Waals surface area (Å²) in [5.74, 6) is -0.0342. The molecule has 1 rings (SSSR count). The number of carbonyl (C=O) groups is 1. The molecule has 0 aliphatic carbocycles. The molecule has 0 saturated carbocycles. The predicted octanol–water partition coefficient (Wildman–Crippen LogP) is 3.75. The fraction of sp³-hybridized carbons (Fsp3) is 0.706. The van der Waals surface area contributed by atoms with Crippen LogP contribution >= 0.6 is 0 Å². The predicted molar refractivity (Wildman–Crippen MR) is 83.6 cm³/mol. The van der Waals surface area contributed by atoms with Gasteiger partial charge in [0.25, 0.3) is 0 Å². The lowest BCUT2D eigenvalue weighted by atomic mass is 10.1. The number of amides is 1. The van der Waals surface area contributed by atoms with Crippen LogP contribution in [0, 0.1) is 0 Å². The number of hydrogen-bond acceptors (Lipinski definition) is 2. The SMILES string of the molecule is CCCCCCCC=CC=CC(=O)NCC1CCCO1. The van der Waals surface area contributed by atoms with Gasteiger partial charge in [-0.15, -0.1) is 0 Å². The zero-order valence-electron chi connectivity index (χ0n) is 12.8. The van der Waals surface area contributed by atoms with Crippen molar-refractivity contribution in [1.29, 1.82) is 0 Å². The van der Waals surface area contributed by atoms with Gasteiger partial charge in [0.15, 0.2) is 0 Å². The molecular formula is C17H29NO2. The van der Waals surface area contributed by atoms with Crippen molar-refractivity contribution in [3.05, 3.63) is 24.3 Å². The van der Waals surface area contributed by atoms with E-state index in [1.54, 1.807) is 6.08 Å². The van der Waals surface area contributed by atoms with Crippen LogP contribution in [0.4, 0.5) is 0 Å². The van der Waals surface area contributed by atoms with Crippen molar-refractivity contribution >= 4 is 5.91 Å². The Morgan fingerprint density at radius 1 is 1.25 bits per heavy atom. The summed E-state index contributed by atoms with van der Waals surface area (Å²) >= 11 is 0. The number of nitrogens with one attached hydrogen (secondary N) is 1. The molecule has 3 heteroatoms. The van der Waals surface area contributed by atoms with E-state index >= 15 is 0 Å². The molecule has 1 unspecified atom stereocenters. The van der Waals surface area contributed by atoms with Crippen LogP contribution in [0.15, 0.2) is 24.3 Å². The van der Waals surface area contributed by atoms with Crippen LogP contribution in [-0.4, -0.2) is 25.2 Å². The molecule has 0 aromatic carbocycles. The molecule has 0 bridgehead atoms. The van der Waals surface area contributed by atoms with Crippen molar-refractivity contribution in [2.45, 2.75) is 64.4 Å². The van der Waals surface area contributed by atoms with Gasteiger partial charge >= 0.3 is 0 Å². The van der Waals surface area contributed by atoms with Crippen molar-refractivity contribution in [2.75, 3.05) is 13.2 Å². The minimum absolute atomic E-state index is 0.0342. The van der Waals surface area contributed by atoms with Crippen LogP contribution in [0.3, 0.4) is 0 Å². The zero-order valence-corrected chi connectivity index (χ0v) is 12.8. The third-order valence-electron chi connectivity index (χ3n) is 3.50. The van der Waals surface area contributed by atoms with Crippen LogP contribution in [0.1, 0.15) is 58.3 Å². The summed E-state index contributed by atoms with van der Waals surface area (Å²) < 4.78 is 5.45. The Labute approximate surface area is 123 Å². The topological polar surface area (TPSA) is 38.3 Å². The summed E-state index contributed by atoms with van der Waals surface area (Å²) in [6, 6.07) is 0. The van der Waals surface area contributed by atoms with E-state index < -0.39 is 0 Å². The van der Waals surface area contributed by atoms with E-state index in [0.29, 0.717) is 6.54 Å². The Bertz CT molecular complexity index is 304. The molecule has 3 nitrogen and oxygen atoms in total. The van der Waals surface area contributed by atoms with E-state index in [4.69, 9.17) is 4.74 Å². The number of ether oxygens (including phenoxy) is 1. The van der Waals surface area contributed by atoms with E-state index in [-0.39, 0.29) is 12.0 Å². The summed E-state index contributed by atoms with van der Waals surface area (Å²) in [5.41, 5.74) is 0. The maximum absolute atomic E-state index is 11.5. The van der Waals surface area contributed by atoms with Gasteiger partial charge in [0.05, 0.1) is 6.10 Å². The van der Waals surface area contributed by atoms with Crippen molar-refractivity contribution in [1.82, 2.24) is 5.32 Å². The van der Waals surface area contributed by atoms with Gasteiger partial charge in [-0.3, -0.25) is 4.79 Å². The van der Waals surface area contributed by atoms with Gasteiger partial charge in [-0.05, 0) is 25.7 Å². The number of unbranched alkanes of at least 4 members (excludes halogenated alkanes) is 5. The largest absolute Gasteiger partial charge is 0.376 e. The molecule has 1 N–H and O–H groups in total. The van der Waals surface area contributed by atoms with E-state index in [1.807, 2.05) is 12.2 Å².